The molecule has 0 aliphatic heterocycles. The van der Waals surface area contributed by atoms with Gasteiger partial charge in [-0.2, -0.15) is 0 Å². The van der Waals surface area contributed by atoms with Gasteiger partial charge < -0.3 is 4.74 Å². The van der Waals surface area contributed by atoms with Gasteiger partial charge in [-0.3, -0.25) is 5.21 Å². The van der Waals surface area contributed by atoms with Crippen LogP contribution >= 0.6 is 0 Å². The highest BCUT2D eigenvalue weighted by molar-refractivity contribution is 5.38. The number of rotatable bonds is 3. The van der Waals surface area contributed by atoms with Gasteiger partial charge in [-0.15, -0.1) is 0 Å². The van der Waals surface area contributed by atoms with Crippen molar-refractivity contribution in [1.82, 2.24) is 4.98 Å². The fourth-order valence-electron chi connectivity index (χ4n) is 2.36. The summed E-state index contributed by atoms with van der Waals surface area (Å²) < 4.78 is 5.93. The highest BCUT2D eigenvalue weighted by Gasteiger charge is 2.24. The van der Waals surface area contributed by atoms with E-state index in [0.29, 0.717) is 5.82 Å². The number of anilines is 1. The van der Waals surface area contributed by atoms with E-state index < -0.39 is 0 Å². The minimum Gasteiger partial charge on any atom is -0.369 e. The van der Waals surface area contributed by atoms with Gasteiger partial charge in [-0.1, -0.05) is 18.2 Å². The first-order valence-electron chi connectivity index (χ1n) is 7.13. The summed E-state index contributed by atoms with van der Waals surface area (Å²) in [6.07, 6.45) is 5.93. The van der Waals surface area contributed by atoms with Gasteiger partial charge in [0.25, 0.3) is 0 Å². The Labute approximate surface area is 121 Å². The molecule has 0 aromatic carbocycles. The first kappa shape index (κ1) is 15.0. The SMILES string of the molecule is Cc1cccc(N(O)[C@H]2C=C[C@H](OC(C)(C)C)CC2)n1. The van der Waals surface area contributed by atoms with Crippen molar-refractivity contribution >= 4 is 5.82 Å². The summed E-state index contributed by atoms with van der Waals surface area (Å²) in [6.45, 7) is 8.09. The number of ether oxygens (including phenoxy) is 1. The van der Waals surface area contributed by atoms with Crippen molar-refractivity contribution < 1.29 is 9.94 Å². The van der Waals surface area contributed by atoms with Gasteiger partial charge in [0, 0.05) is 5.69 Å². The fourth-order valence-corrected chi connectivity index (χ4v) is 2.36. The summed E-state index contributed by atoms with van der Waals surface area (Å²) in [4.78, 5) is 4.34. The third-order valence-electron chi connectivity index (χ3n) is 3.22. The molecule has 2 atom stereocenters. The van der Waals surface area contributed by atoms with Crippen molar-refractivity contribution in [2.45, 2.75) is 58.3 Å². The van der Waals surface area contributed by atoms with Gasteiger partial charge in [0.15, 0.2) is 5.82 Å². The lowest BCUT2D eigenvalue weighted by atomic mass is 9.99. The molecular weight excluding hydrogens is 252 g/mol. The molecule has 1 aromatic heterocycles. The number of aryl methyl sites for hydroxylation is 1. The highest BCUT2D eigenvalue weighted by atomic mass is 16.5. The summed E-state index contributed by atoms with van der Waals surface area (Å²) in [5.41, 5.74) is 0.758. The molecule has 0 bridgehead atoms. The molecule has 0 saturated carbocycles. The van der Waals surface area contributed by atoms with Gasteiger partial charge >= 0.3 is 0 Å². The molecule has 0 fully saturated rings. The molecule has 0 unspecified atom stereocenters. The zero-order valence-corrected chi connectivity index (χ0v) is 12.7. The molecule has 110 valence electrons. The van der Waals surface area contributed by atoms with E-state index in [9.17, 15) is 5.21 Å². The Bertz CT molecular complexity index is 480. The van der Waals surface area contributed by atoms with Crippen LogP contribution in [0.15, 0.2) is 30.4 Å². The average Bonchev–Trinajstić information content (AvgIpc) is 2.37. The quantitative estimate of drug-likeness (QED) is 0.678. The van der Waals surface area contributed by atoms with E-state index in [4.69, 9.17) is 4.74 Å². The molecule has 1 heterocycles. The second-order valence-corrected chi connectivity index (χ2v) is 6.28. The third-order valence-corrected chi connectivity index (χ3v) is 3.22. The lowest BCUT2D eigenvalue weighted by Crippen LogP contribution is -2.36. The maximum Gasteiger partial charge on any atom is 0.153 e. The summed E-state index contributed by atoms with van der Waals surface area (Å²) in [5, 5.41) is 11.5. The smallest absolute Gasteiger partial charge is 0.153 e. The molecule has 0 amide bonds. The van der Waals surface area contributed by atoms with E-state index in [1.807, 2.05) is 37.3 Å². The Morgan fingerprint density at radius 2 is 2.00 bits per heavy atom. The minimum absolute atomic E-state index is 0.0379. The molecule has 1 aromatic rings. The van der Waals surface area contributed by atoms with Crippen molar-refractivity contribution in [2.75, 3.05) is 5.06 Å². The van der Waals surface area contributed by atoms with Crippen LogP contribution in [0.25, 0.3) is 0 Å². The maximum atomic E-state index is 10.3. The maximum absolute atomic E-state index is 10.3. The van der Waals surface area contributed by atoms with Crippen LogP contribution in [0.4, 0.5) is 5.82 Å². The first-order valence-corrected chi connectivity index (χ1v) is 7.13. The predicted molar refractivity (Wildman–Crippen MR) is 80.0 cm³/mol. The van der Waals surface area contributed by atoms with E-state index in [1.165, 1.54) is 5.06 Å². The molecule has 1 aliphatic rings. The van der Waals surface area contributed by atoms with E-state index in [-0.39, 0.29) is 17.7 Å². The minimum atomic E-state index is -0.140. The van der Waals surface area contributed by atoms with Crippen LogP contribution in [0.5, 0.6) is 0 Å². The number of hydroxylamine groups is 1. The van der Waals surface area contributed by atoms with Crippen LogP contribution in [0.1, 0.15) is 39.3 Å². The van der Waals surface area contributed by atoms with E-state index >= 15 is 0 Å². The van der Waals surface area contributed by atoms with Gasteiger partial charge in [0.05, 0.1) is 17.7 Å². The second-order valence-electron chi connectivity index (χ2n) is 6.28. The van der Waals surface area contributed by atoms with Crippen molar-refractivity contribution in [2.24, 2.45) is 0 Å². The monoisotopic (exact) mass is 276 g/mol. The Morgan fingerprint density at radius 1 is 1.25 bits per heavy atom. The van der Waals surface area contributed by atoms with Gasteiger partial charge in [-0.25, -0.2) is 10.0 Å². The van der Waals surface area contributed by atoms with Gasteiger partial charge in [0.1, 0.15) is 0 Å². The van der Waals surface area contributed by atoms with E-state index in [2.05, 4.69) is 25.8 Å². The standard InChI is InChI=1S/C16H24N2O2/c1-12-6-5-7-15(17-12)18(19)13-8-10-14(11-9-13)20-16(2,3)4/h5-8,10,13-14,19H,9,11H2,1-4H3/t13-,14-/m0/s1. The first-order chi connectivity index (χ1) is 9.35. The molecule has 0 radical (unpaired) electrons. The van der Waals surface area contributed by atoms with Crippen LogP contribution in [-0.2, 0) is 4.74 Å². The Morgan fingerprint density at radius 3 is 2.55 bits per heavy atom. The zero-order chi connectivity index (χ0) is 14.8. The largest absolute Gasteiger partial charge is 0.369 e. The molecular formula is C16H24N2O2. The summed E-state index contributed by atoms with van der Waals surface area (Å²) in [6, 6.07) is 5.60. The molecule has 4 heteroatoms. The molecule has 1 N–H and O–H groups in total. The van der Waals surface area contributed by atoms with Crippen molar-refractivity contribution in [3.8, 4) is 0 Å². The third kappa shape index (κ3) is 4.05. The molecule has 2 rings (SSSR count). The van der Waals surface area contributed by atoms with Gasteiger partial charge in [0.2, 0.25) is 0 Å². The molecule has 4 nitrogen and oxygen atoms in total. The number of aromatic nitrogens is 1. The van der Waals surface area contributed by atoms with Crippen molar-refractivity contribution in [3.05, 3.63) is 36.0 Å². The predicted octanol–water partition coefficient (Wildman–Crippen LogP) is 3.49. The van der Waals surface area contributed by atoms with Crippen LogP contribution in [0.3, 0.4) is 0 Å². The topological polar surface area (TPSA) is 45.6 Å². The number of hydrogen-bond acceptors (Lipinski definition) is 4. The summed E-state index contributed by atoms with van der Waals surface area (Å²) >= 11 is 0. The lowest BCUT2D eigenvalue weighted by molar-refractivity contribution is -0.0445. The molecule has 20 heavy (non-hydrogen) atoms. The Hall–Kier alpha value is -1.39. The lowest BCUT2D eigenvalue weighted by Gasteiger charge is -2.32. The second kappa shape index (κ2) is 5.94. The van der Waals surface area contributed by atoms with Crippen molar-refractivity contribution in [1.29, 1.82) is 0 Å². The molecule has 1 aliphatic carbocycles. The Kier molecular flexibility index (Phi) is 4.45. The van der Waals surface area contributed by atoms with Gasteiger partial charge in [-0.05, 0) is 52.7 Å². The average molecular weight is 276 g/mol. The zero-order valence-electron chi connectivity index (χ0n) is 12.7. The summed E-state index contributed by atoms with van der Waals surface area (Å²) in [7, 11) is 0. The molecule has 0 spiro atoms. The summed E-state index contributed by atoms with van der Waals surface area (Å²) in [5.74, 6) is 0.592. The highest BCUT2D eigenvalue weighted by Crippen LogP contribution is 2.24. The van der Waals surface area contributed by atoms with Crippen LogP contribution < -0.4 is 5.06 Å². The van der Waals surface area contributed by atoms with Crippen molar-refractivity contribution in [3.63, 3.8) is 0 Å². The fraction of sp³-hybridized carbons (Fsp3) is 0.562. The number of pyridine rings is 1. The van der Waals surface area contributed by atoms with Crippen LogP contribution in [0.2, 0.25) is 0 Å². The van der Waals surface area contributed by atoms with E-state index in [0.717, 1.165) is 18.5 Å². The number of hydrogen-bond donors (Lipinski definition) is 1. The van der Waals surface area contributed by atoms with Crippen LogP contribution in [0, 0.1) is 6.92 Å². The van der Waals surface area contributed by atoms with E-state index in [1.54, 1.807) is 0 Å². The normalized spacial score (nSPS) is 22.9. The number of nitrogens with zero attached hydrogens (tertiary/aromatic N) is 2. The van der Waals surface area contributed by atoms with Crippen LogP contribution in [-0.4, -0.2) is 27.9 Å². The Balaban J connectivity index is 2.00. The molecule has 0 saturated heterocycles.